The quantitative estimate of drug-likeness (QED) is 0.502. The van der Waals surface area contributed by atoms with E-state index in [2.05, 4.69) is 0 Å². The molecule has 1 aliphatic carbocycles. The Morgan fingerprint density at radius 1 is 1.24 bits per heavy atom. The summed E-state index contributed by atoms with van der Waals surface area (Å²) in [4.78, 5) is 35.3. The van der Waals surface area contributed by atoms with Crippen molar-refractivity contribution in [2.45, 2.75) is 40.0 Å². The van der Waals surface area contributed by atoms with Gasteiger partial charge in [-0.3, -0.25) is 14.4 Å². The average Bonchev–Trinajstić information content (AvgIpc) is 3.08. The van der Waals surface area contributed by atoms with E-state index >= 15 is 0 Å². The standard InChI is InChI=1S/C13H20O4/c1-4-17-13(16)10(7-11(14)8(2)3)12(15)9-5-6-9/h8-10H,4-7H2,1-3H3. The molecule has 0 heterocycles. The predicted molar refractivity (Wildman–Crippen MR) is 62.3 cm³/mol. The molecule has 0 N–H and O–H groups in total. The zero-order valence-electron chi connectivity index (χ0n) is 10.7. The van der Waals surface area contributed by atoms with Crippen molar-refractivity contribution in [2.75, 3.05) is 6.61 Å². The average molecular weight is 240 g/mol. The van der Waals surface area contributed by atoms with Crippen LogP contribution in [0.5, 0.6) is 0 Å². The van der Waals surface area contributed by atoms with E-state index in [0.29, 0.717) is 0 Å². The Kier molecular flexibility index (Phi) is 4.85. The molecule has 4 nitrogen and oxygen atoms in total. The number of carbonyl (C=O) groups is 3. The van der Waals surface area contributed by atoms with Crippen LogP contribution in [-0.2, 0) is 19.1 Å². The summed E-state index contributed by atoms with van der Waals surface area (Å²) in [5, 5.41) is 0. The molecule has 0 saturated heterocycles. The molecule has 96 valence electrons. The van der Waals surface area contributed by atoms with E-state index in [1.165, 1.54) is 0 Å². The summed E-state index contributed by atoms with van der Waals surface area (Å²) in [5.74, 6) is -1.77. The highest BCUT2D eigenvalue weighted by Crippen LogP contribution is 2.34. The maximum atomic E-state index is 11.9. The summed E-state index contributed by atoms with van der Waals surface area (Å²) in [6, 6.07) is 0. The Morgan fingerprint density at radius 3 is 2.24 bits per heavy atom. The van der Waals surface area contributed by atoms with E-state index in [1.54, 1.807) is 20.8 Å². The maximum absolute atomic E-state index is 11.9. The summed E-state index contributed by atoms with van der Waals surface area (Å²) in [6.07, 6.45) is 1.67. The van der Waals surface area contributed by atoms with Gasteiger partial charge < -0.3 is 4.74 Å². The van der Waals surface area contributed by atoms with Gasteiger partial charge in [-0.05, 0) is 19.8 Å². The van der Waals surface area contributed by atoms with Crippen LogP contribution in [0, 0.1) is 17.8 Å². The van der Waals surface area contributed by atoms with Gasteiger partial charge >= 0.3 is 5.97 Å². The van der Waals surface area contributed by atoms with Crippen molar-refractivity contribution in [1.29, 1.82) is 0 Å². The summed E-state index contributed by atoms with van der Waals surface area (Å²) in [5.41, 5.74) is 0. The number of hydrogen-bond donors (Lipinski definition) is 0. The number of hydrogen-bond acceptors (Lipinski definition) is 4. The van der Waals surface area contributed by atoms with Crippen LogP contribution in [-0.4, -0.2) is 24.1 Å². The molecule has 17 heavy (non-hydrogen) atoms. The lowest BCUT2D eigenvalue weighted by Crippen LogP contribution is -2.30. The Hall–Kier alpha value is -1.19. The molecule has 0 bridgehead atoms. The number of esters is 1. The molecule has 1 rings (SSSR count). The summed E-state index contributed by atoms with van der Waals surface area (Å²) in [7, 11) is 0. The highest BCUT2D eigenvalue weighted by molar-refractivity contribution is 6.04. The Bertz CT molecular complexity index is 315. The Labute approximate surface area is 102 Å². The lowest BCUT2D eigenvalue weighted by Gasteiger charge is -2.14. The van der Waals surface area contributed by atoms with Crippen LogP contribution >= 0.6 is 0 Å². The molecule has 0 amide bonds. The van der Waals surface area contributed by atoms with Gasteiger partial charge in [0.2, 0.25) is 0 Å². The van der Waals surface area contributed by atoms with E-state index < -0.39 is 11.9 Å². The van der Waals surface area contributed by atoms with Crippen molar-refractivity contribution in [3.05, 3.63) is 0 Å². The molecule has 1 saturated carbocycles. The predicted octanol–water partition coefficient (Wildman–Crippen LogP) is 1.76. The van der Waals surface area contributed by atoms with Gasteiger partial charge in [0.05, 0.1) is 6.61 Å². The molecule has 0 aromatic carbocycles. The minimum absolute atomic E-state index is 0.00810. The van der Waals surface area contributed by atoms with Crippen LogP contribution in [0.4, 0.5) is 0 Å². The van der Waals surface area contributed by atoms with E-state index in [9.17, 15) is 14.4 Å². The topological polar surface area (TPSA) is 60.4 Å². The third-order valence-electron chi connectivity index (χ3n) is 2.94. The number of ketones is 2. The zero-order chi connectivity index (χ0) is 13.0. The Balaban J connectivity index is 2.67. The largest absolute Gasteiger partial charge is 0.465 e. The zero-order valence-corrected chi connectivity index (χ0v) is 10.7. The number of rotatable bonds is 7. The molecule has 1 atom stereocenters. The summed E-state index contributed by atoms with van der Waals surface area (Å²) in [6.45, 7) is 5.47. The first-order valence-electron chi connectivity index (χ1n) is 6.20. The van der Waals surface area contributed by atoms with Crippen LogP contribution in [0.15, 0.2) is 0 Å². The lowest BCUT2D eigenvalue weighted by molar-refractivity contribution is -0.153. The van der Waals surface area contributed by atoms with Crippen molar-refractivity contribution in [1.82, 2.24) is 0 Å². The molecule has 4 heteroatoms. The molecule has 1 unspecified atom stereocenters. The highest BCUT2D eigenvalue weighted by atomic mass is 16.5. The minimum atomic E-state index is -0.877. The molecule has 1 aliphatic rings. The third kappa shape index (κ3) is 3.95. The van der Waals surface area contributed by atoms with Crippen molar-refractivity contribution in [3.63, 3.8) is 0 Å². The normalized spacial score (nSPS) is 16.7. The van der Waals surface area contributed by atoms with Gasteiger partial charge in [-0.1, -0.05) is 13.8 Å². The van der Waals surface area contributed by atoms with Gasteiger partial charge in [-0.25, -0.2) is 0 Å². The van der Waals surface area contributed by atoms with Crippen molar-refractivity contribution in [2.24, 2.45) is 17.8 Å². The molecule has 0 radical (unpaired) electrons. The molecule has 0 aromatic rings. The molecule has 0 spiro atoms. The van der Waals surface area contributed by atoms with Crippen LogP contribution in [0.2, 0.25) is 0 Å². The molecule has 0 aliphatic heterocycles. The van der Waals surface area contributed by atoms with Gasteiger partial charge in [-0.2, -0.15) is 0 Å². The maximum Gasteiger partial charge on any atom is 0.316 e. The van der Waals surface area contributed by atoms with Gasteiger partial charge in [0.15, 0.2) is 5.78 Å². The van der Waals surface area contributed by atoms with E-state index in [1.807, 2.05) is 0 Å². The highest BCUT2D eigenvalue weighted by Gasteiger charge is 2.40. The van der Waals surface area contributed by atoms with Gasteiger partial charge in [0.1, 0.15) is 11.7 Å². The van der Waals surface area contributed by atoms with Crippen molar-refractivity contribution in [3.8, 4) is 0 Å². The molecular formula is C13H20O4. The fraction of sp³-hybridized carbons (Fsp3) is 0.769. The van der Waals surface area contributed by atoms with Gasteiger partial charge in [0.25, 0.3) is 0 Å². The van der Waals surface area contributed by atoms with Crippen LogP contribution in [0.3, 0.4) is 0 Å². The number of ether oxygens (including phenoxy) is 1. The molecular weight excluding hydrogens is 220 g/mol. The smallest absolute Gasteiger partial charge is 0.316 e. The Morgan fingerprint density at radius 2 is 1.82 bits per heavy atom. The second-order valence-corrected chi connectivity index (χ2v) is 4.81. The van der Waals surface area contributed by atoms with E-state index in [0.717, 1.165) is 12.8 Å². The van der Waals surface area contributed by atoms with Gasteiger partial charge in [-0.15, -0.1) is 0 Å². The minimum Gasteiger partial charge on any atom is -0.465 e. The second kappa shape index (κ2) is 5.94. The first-order valence-corrected chi connectivity index (χ1v) is 6.20. The van der Waals surface area contributed by atoms with Crippen molar-refractivity contribution >= 4 is 17.5 Å². The third-order valence-corrected chi connectivity index (χ3v) is 2.94. The van der Waals surface area contributed by atoms with Crippen molar-refractivity contribution < 1.29 is 19.1 Å². The first kappa shape index (κ1) is 13.9. The number of Topliss-reactive ketones (excluding diaryl/α,β-unsaturated/α-hetero) is 2. The van der Waals surface area contributed by atoms with E-state index in [4.69, 9.17) is 4.74 Å². The summed E-state index contributed by atoms with van der Waals surface area (Å²) < 4.78 is 4.87. The summed E-state index contributed by atoms with van der Waals surface area (Å²) >= 11 is 0. The van der Waals surface area contributed by atoms with Crippen LogP contribution < -0.4 is 0 Å². The molecule has 1 fully saturated rings. The SMILES string of the molecule is CCOC(=O)C(CC(=O)C(C)C)C(=O)C1CC1. The van der Waals surface area contributed by atoms with Crippen LogP contribution in [0.1, 0.15) is 40.0 Å². The number of carbonyl (C=O) groups excluding carboxylic acids is 3. The van der Waals surface area contributed by atoms with Gasteiger partial charge in [0, 0.05) is 18.3 Å². The fourth-order valence-corrected chi connectivity index (χ4v) is 1.63. The fourth-order valence-electron chi connectivity index (χ4n) is 1.63. The second-order valence-electron chi connectivity index (χ2n) is 4.81. The first-order chi connectivity index (χ1) is 7.97. The van der Waals surface area contributed by atoms with E-state index in [-0.39, 0.29) is 36.4 Å². The van der Waals surface area contributed by atoms with Crippen LogP contribution in [0.25, 0.3) is 0 Å². The molecule has 0 aromatic heterocycles. The lowest BCUT2D eigenvalue weighted by atomic mass is 9.91. The monoisotopic (exact) mass is 240 g/mol.